The standard InChI is InChI=1S/C42H28N2S/c1-4-12-29(13-5-1)30-20-22-33(23-21-30)44-38-26-24-34(43(31-14-6-2-7-15-31)32-16-8-3-9-17-32)28-37(38)35-25-27-40-41(42(35)44)36-18-10-11-19-39(36)45-40/h1-28H. The highest BCUT2D eigenvalue weighted by atomic mass is 32.1. The first-order chi connectivity index (χ1) is 22.3. The Hall–Kier alpha value is -5.64. The Morgan fingerprint density at radius 1 is 0.422 bits per heavy atom. The summed E-state index contributed by atoms with van der Waals surface area (Å²) >= 11 is 1.87. The van der Waals surface area contributed by atoms with Crippen LogP contribution < -0.4 is 4.90 Å². The van der Waals surface area contributed by atoms with Crippen molar-refractivity contribution in [3.63, 3.8) is 0 Å². The van der Waals surface area contributed by atoms with E-state index in [4.69, 9.17) is 0 Å². The Labute approximate surface area is 265 Å². The second-order valence-corrected chi connectivity index (χ2v) is 12.5. The molecule has 2 aromatic heterocycles. The molecule has 7 aromatic carbocycles. The third kappa shape index (κ3) is 4.24. The summed E-state index contributed by atoms with van der Waals surface area (Å²) in [5, 5.41) is 5.13. The van der Waals surface area contributed by atoms with Crippen LogP contribution in [0.5, 0.6) is 0 Å². The molecule has 0 aliphatic heterocycles. The Morgan fingerprint density at radius 3 is 1.76 bits per heavy atom. The molecule has 2 nitrogen and oxygen atoms in total. The number of benzene rings is 7. The number of nitrogens with zero attached hydrogens (tertiary/aromatic N) is 2. The summed E-state index contributed by atoms with van der Waals surface area (Å²) in [6.07, 6.45) is 0. The molecule has 0 unspecified atom stereocenters. The van der Waals surface area contributed by atoms with Gasteiger partial charge in [0.25, 0.3) is 0 Å². The van der Waals surface area contributed by atoms with Crippen LogP contribution in [0.2, 0.25) is 0 Å². The van der Waals surface area contributed by atoms with Crippen molar-refractivity contribution < 1.29 is 0 Å². The molecular weight excluding hydrogens is 565 g/mol. The molecule has 9 aromatic rings. The van der Waals surface area contributed by atoms with Gasteiger partial charge in [-0.05, 0) is 77.9 Å². The largest absolute Gasteiger partial charge is 0.310 e. The minimum Gasteiger partial charge on any atom is -0.310 e. The number of para-hydroxylation sites is 2. The number of hydrogen-bond donors (Lipinski definition) is 0. The molecule has 0 N–H and O–H groups in total. The number of fused-ring (bicyclic) bond motifs is 7. The first-order valence-corrected chi connectivity index (χ1v) is 16.1. The lowest BCUT2D eigenvalue weighted by atomic mass is 10.1. The van der Waals surface area contributed by atoms with Gasteiger partial charge in [-0.25, -0.2) is 0 Å². The van der Waals surface area contributed by atoms with E-state index in [1.165, 1.54) is 53.1 Å². The predicted octanol–water partition coefficient (Wildman–Crippen LogP) is 12.3. The quantitative estimate of drug-likeness (QED) is 0.193. The molecule has 0 spiro atoms. The average Bonchev–Trinajstić information content (AvgIpc) is 3.65. The third-order valence-electron chi connectivity index (χ3n) is 8.77. The number of aromatic nitrogens is 1. The number of rotatable bonds is 5. The minimum absolute atomic E-state index is 1.13. The zero-order valence-electron chi connectivity index (χ0n) is 24.5. The van der Waals surface area contributed by atoms with Gasteiger partial charge in [-0.15, -0.1) is 11.3 Å². The SMILES string of the molecule is c1ccc(-c2ccc(-n3c4ccc(N(c5ccccc5)c5ccccc5)cc4c4ccc5sc6ccccc6c5c43)cc2)cc1. The first kappa shape index (κ1) is 25.8. The zero-order valence-corrected chi connectivity index (χ0v) is 25.3. The highest BCUT2D eigenvalue weighted by Crippen LogP contribution is 2.45. The average molecular weight is 593 g/mol. The molecule has 3 heteroatoms. The lowest BCUT2D eigenvalue weighted by Crippen LogP contribution is -2.09. The van der Waals surface area contributed by atoms with Crippen molar-refractivity contribution in [2.45, 2.75) is 0 Å². The zero-order chi connectivity index (χ0) is 29.7. The van der Waals surface area contributed by atoms with Crippen molar-refractivity contribution in [2.75, 3.05) is 4.90 Å². The van der Waals surface area contributed by atoms with Crippen LogP contribution in [-0.2, 0) is 0 Å². The topological polar surface area (TPSA) is 8.17 Å². The molecule has 0 aliphatic carbocycles. The molecule has 0 saturated heterocycles. The molecule has 9 rings (SSSR count). The Balaban J connectivity index is 1.34. The van der Waals surface area contributed by atoms with E-state index in [-0.39, 0.29) is 0 Å². The van der Waals surface area contributed by atoms with Gasteiger partial charge >= 0.3 is 0 Å². The molecule has 0 atom stereocenters. The maximum absolute atomic E-state index is 2.47. The van der Waals surface area contributed by atoms with Crippen LogP contribution in [0.4, 0.5) is 17.1 Å². The fourth-order valence-electron chi connectivity index (χ4n) is 6.75. The van der Waals surface area contributed by atoms with Crippen LogP contribution in [-0.4, -0.2) is 4.57 Å². The molecule has 0 saturated carbocycles. The van der Waals surface area contributed by atoms with E-state index < -0.39 is 0 Å². The number of thiophene rings is 1. The van der Waals surface area contributed by atoms with Crippen LogP contribution in [0.15, 0.2) is 170 Å². The fourth-order valence-corrected chi connectivity index (χ4v) is 7.85. The van der Waals surface area contributed by atoms with E-state index in [2.05, 4.69) is 179 Å². The highest BCUT2D eigenvalue weighted by Gasteiger charge is 2.20. The Bertz CT molecular complexity index is 2420. The van der Waals surface area contributed by atoms with Gasteiger partial charge in [0, 0.05) is 53.7 Å². The second kappa shape index (κ2) is 10.5. The van der Waals surface area contributed by atoms with Gasteiger partial charge < -0.3 is 9.47 Å². The van der Waals surface area contributed by atoms with E-state index in [1.807, 2.05) is 11.3 Å². The van der Waals surface area contributed by atoms with Crippen molar-refractivity contribution in [3.8, 4) is 16.8 Å². The van der Waals surface area contributed by atoms with Crippen molar-refractivity contribution in [1.29, 1.82) is 0 Å². The van der Waals surface area contributed by atoms with Crippen molar-refractivity contribution >= 4 is 70.4 Å². The van der Waals surface area contributed by atoms with E-state index in [0.717, 1.165) is 22.7 Å². The van der Waals surface area contributed by atoms with Crippen molar-refractivity contribution in [1.82, 2.24) is 4.57 Å². The van der Waals surface area contributed by atoms with Crippen LogP contribution >= 0.6 is 11.3 Å². The van der Waals surface area contributed by atoms with Gasteiger partial charge in [-0.1, -0.05) is 103 Å². The summed E-state index contributed by atoms with van der Waals surface area (Å²) in [6, 6.07) is 61.3. The third-order valence-corrected chi connectivity index (χ3v) is 9.91. The number of hydrogen-bond acceptors (Lipinski definition) is 2. The molecule has 0 radical (unpaired) electrons. The minimum atomic E-state index is 1.13. The Kier molecular flexibility index (Phi) is 6.03. The predicted molar refractivity (Wildman–Crippen MR) is 194 cm³/mol. The Morgan fingerprint density at radius 2 is 1.04 bits per heavy atom. The molecule has 0 amide bonds. The number of anilines is 3. The summed E-state index contributed by atoms with van der Waals surface area (Å²) in [7, 11) is 0. The van der Waals surface area contributed by atoms with E-state index >= 15 is 0 Å². The molecule has 0 fully saturated rings. The van der Waals surface area contributed by atoms with Crippen molar-refractivity contribution in [3.05, 3.63) is 170 Å². The van der Waals surface area contributed by atoms with Gasteiger partial charge in [0.15, 0.2) is 0 Å². The van der Waals surface area contributed by atoms with Gasteiger partial charge in [0.05, 0.1) is 11.0 Å². The summed E-state index contributed by atoms with van der Waals surface area (Å²) in [5.74, 6) is 0. The fraction of sp³-hybridized carbons (Fsp3) is 0. The lowest BCUT2D eigenvalue weighted by molar-refractivity contribution is 1.19. The van der Waals surface area contributed by atoms with Crippen molar-refractivity contribution in [2.24, 2.45) is 0 Å². The van der Waals surface area contributed by atoms with E-state index in [1.54, 1.807) is 0 Å². The lowest BCUT2D eigenvalue weighted by Gasteiger charge is -2.25. The summed E-state index contributed by atoms with van der Waals surface area (Å²) < 4.78 is 5.10. The van der Waals surface area contributed by atoms with Crippen LogP contribution in [0.25, 0.3) is 58.8 Å². The molecular formula is C42H28N2S. The van der Waals surface area contributed by atoms with Crippen LogP contribution in [0.1, 0.15) is 0 Å². The second-order valence-electron chi connectivity index (χ2n) is 11.4. The van der Waals surface area contributed by atoms with Gasteiger partial charge in [-0.2, -0.15) is 0 Å². The van der Waals surface area contributed by atoms with Crippen LogP contribution in [0, 0.1) is 0 Å². The van der Waals surface area contributed by atoms with E-state index in [9.17, 15) is 0 Å². The first-order valence-electron chi connectivity index (χ1n) is 15.3. The van der Waals surface area contributed by atoms with Crippen LogP contribution in [0.3, 0.4) is 0 Å². The van der Waals surface area contributed by atoms with Gasteiger partial charge in [-0.3, -0.25) is 0 Å². The maximum Gasteiger partial charge on any atom is 0.0634 e. The molecule has 0 aliphatic rings. The smallest absolute Gasteiger partial charge is 0.0634 e. The molecule has 45 heavy (non-hydrogen) atoms. The summed E-state index contributed by atoms with van der Waals surface area (Å²) in [4.78, 5) is 2.34. The highest BCUT2D eigenvalue weighted by molar-refractivity contribution is 7.26. The van der Waals surface area contributed by atoms with Gasteiger partial charge in [0.2, 0.25) is 0 Å². The van der Waals surface area contributed by atoms with E-state index in [0.29, 0.717) is 0 Å². The molecule has 0 bridgehead atoms. The normalized spacial score (nSPS) is 11.6. The summed E-state index contributed by atoms with van der Waals surface area (Å²) in [6.45, 7) is 0. The maximum atomic E-state index is 2.47. The molecule has 2 heterocycles. The summed E-state index contributed by atoms with van der Waals surface area (Å²) in [5.41, 5.74) is 9.46. The van der Waals surface area contributed by atoms with Gasteiger partial charge in [0.1, 0.15) is 0 Å². The monoisotopic (exact) mass is 592 g/mol. The molecule has 212 valence electrons.